The Morgan fingerprint density at radius 2 is 1.63 bits per heavy atom. The zero-order chi connectivity index (χ0) is 20.8. The molecule has 0 amide bonds. The van der Waals surface area contributed by atoms with Crippen LogP contribution in [0.5, 0.6) is 0 Å². The Balaban J connectivity index is 1.31. The molecular formula is C24H25N4OS+. The van der Waals surface area contributed by atoms with Gasteiger partial charge in [0.25, 0.3) is 0 Å². The number of thiazole rings is 1. The largest absolute Gasteiger partial charge is 0.409 e. The average Bonchev–Trinajstić information content (AvgIpc) is 3.12. The van der Waals surface area contributed by atoms with Crippen molar-refractivity contribution in [3.05, 3.63) is 84.4 Å². The third-order valence-corrected chi connectivity index (χ3v) is 6.04. The molecule has 0 saturated carbocycles. The van der Waals surface area contributed by atoms with Crippen molar-refractivity contribution in [1.82, 2.24) is 0 Å². The van der Waals surface area contributed by atoms with E-state index in [0.717, 1.165) is 23.1 Å². The summed E-state index contributed by atoms with van der Waals surface area (Å²) in [5.41, 5.74) is 4.33. The van der Waals surface area contributed by atoms with E-state index < -0.39 is 0 Å². The molecule has 0 bridgehead atoms. The summed E-state index contributed by atoms with van der Waals surface area (Å²) in [4.78, 5) is 2.18. The number of para-hydroxylation sites is 1. The van der Waals surface area contributed by atoms with Crippen LogP contribution in [0.3, 0.4) is 0 Å². The minimum atomic E-state index is 0.642. The van der Waals surface area contributed by atoms with Gasteiger partial charge in [0, 0.05) is 19.3 Å². The topological polar surface area (TPSA) is 41.1 Å². The van der Waals surface area contributed by atoms with E-state index in [2.05, 4.69) is 63.1 Å². The molecule has 1 aromatic heterocycles. The number of anilines is 1. The number of aryl methyl sites for hydroxylation is 1. The Morgan fingerprint density at radius 3 is 2.40 bits per heavy atom. The summed E-state index contributed by atoms with van der Waals surface area (Å²) in [6.45, 7) is 2.14. The van der Waals surface area contributed by atoms with Crippen molar-refractivity contribution < 1.29 is 9.30 Å². The molecule has 0 saturated heterocycles. The van der Waals surface area contributed by atoms with E-state index in [1.807, 2.05) is 49.5 Å². The van der Waals surface area contributed by atoms with Crippen molar-refractivity contribution in [2.24, 2.45) is 17.3 Å². The van der Waals surface area contributed by atoms with Crippen molar-refractivity contribution in [2.45, 2.75) is 6.61 Å². The SMILES string of the molecule is CN(CCOCc1ccccc1)c1ccc(/N=N/c2sc3ccccc3[n+]2C)cc1. The number of nitrogens with zero attached hydrogens (tertiary/aromatic N) is 4. The lowest BCUT2D eigenvalue weighted by Gasteiger charge is -2.19. The lowest BCUT2D eigenvalue weighted by atomic mass is 10.2. The zero-order valence-electron chi connectivity index (χ0n) is 17.2. The second-order valence-electron chi connectivity index (χ2n) is 7.09. The van der Waals surface area contributed by atoms with Crippen molar-refractivity contribution >= 4 is 38.1 Å². The highest BCUT2D eigenvalue weighted by Crippen LogP contribution is 2.27. The summed E-state index contributed by atoms with van der Waals surface area (Å²) in [5.74, 6) is 0. The molecule has 1 heterocycles. The van der Waals surface area contributed by atoms with Crippen LogP contribution in [-0.2, 0) is 18.4 Å². The Kier molecular flexibility index (Phi) is 6.47. The maximum absolute atomic E-state index is 5.78. The first kappa shape index (κ1) is 20.2. The normalized spacial score (nSPS) is 11.4. The molecule has 152 valence electrons. The zero-order valence-corrected chi connectivity index (χ0v) is 18.0. The molecule has 0 radical (unpaired) electrons. The molecule has 0 N–H and O–H groups in total. The van der Waals surface area contributed by atoms with Crippen LogP contribution in [-0.4, -0.2) is 20.2 Å². The second kappa shape index (κ2) is 9.61. The molecule has 0 unspecified atom stereocenters. The monoisotopic (exact) mass is 417 g/mol. The van der Waals surface area contributed by atoms with E-state index >= 15 is 0 Å². The van der Waals surface area contributed by atoms with E-state index in [4.69, 9.17) is 4.74 Å². The molecule has 0 aliphatic heterocycles. The van der Waals surface area contributed by atoms with Crippen LogP contribution in [0.1, 0.15) is 5.56 Å². The average molecular weight is 418 g/mol. The van der Waals surface area contributed by atoms with Gasteiger partial charge in [-0.2, -0.15) is 0 Å². The Morgan fingerprint density at radius 1 is 0.900 bits per heavy atom. The summed E-state index contributed by atoms with van der Waals surface area (Å²) < 4.78 is 9.06. The van der Waals surface area contributed by atoms with Crippen LogP contribution < -0.4 is 9.47 Å². The van der Waals surface area contributed by atoms with Gasteiger partial charge in [-0.15, -0.1) is 0 Å². The molecule has 4 aromatic rings. The molecular weight excluding hydrogens is 392 g/mol. The quantitative estimate of drug-likeness (QED) is 0.207. The molecule has 6 heteroatoms. The summed E-state index contributed by atoms with van der Waals surface area (Å²) in [6.07, 6.45) is 0. The van der Waals surface area contributed by atoms with Gasteiger partial charge in [-0.05, 0) is 58.4 Å². The molecule has 4 rings (SSSR count). The van der Waals surface area contributed by atoms with Crippen LogP contribution in [0.2, 0.25) is 0 Å². The van der Waals surface area contributed by atoms with Crippen LogP contribution in [0, 0.1) is 0 Å². The maximum Gasteiger partial charge on any atom is 0.409 e. The Labute approximate surface area is 180 Å². The summed E-state index contributed by atoms with van der Waals surface area (Å²) in [6, 6.07) is 26.6. The second-order valence-corrected chi connectivity index (χ2v) is 8.10. The van der Waals surface area contributed by atoms with E-state index in [1.165, 1.54) is 15.8 Å². The smallest absolute Gasteiger partial charge is 0.375 e. The van der Waals surface area contributed by atoms with E-state index in [-0.39, 0.29) is 0 Å². The highest BCUT2D eigenvalue weighted by Gasteiger charge is 2.15. The number of hydrogen-bond acceptors (Lipinski definition) is 5. The molecule has 0 aliphatic carbocycles. The van der Waals surface area contributed by atoms with E-state index in [1.54, 1.807) is 11.3 Å². The minimum absolute atomic E-state index is 0.642. The van der Waals surface area contributed by atoms with Crippen molar-refractivity contribution in [3.8, 4) is 0 Å². The maximum atomic E-state index is 5.78. The van der Waals surface area contributed by atoms with Crippen LogP contribution in [0.25, 0.3) is 10.2 Å². The van der Waals surface area contributed by atoms with Gasteiger partial charge in [0.15, 0.2) is 0 Å². The standard InChI is InChI=1S/C24H25N4OS/c1-27(16-17-29-18-19-8-4-3-5-9-19)21-14-12-20(13-15-21)25-26-24-28(2)22-10-6-7-11-23(22)30-24/h3-15H,16-18H2,1-2H3/q+1. The number of likely N-dealkylation sites (N-methyl/N-ethyl adjacent to an activating group) is 1. The van der Waals surface area contributed by atoms with Gasteiger partial charge in [-0.25, -0.2) is 4.57 Å². The highest BCUT2D eigenvalue weighted by atomic mass is 32.1. The fourth-order valence-corrected chi connectivity index (χ4v) is 4.12. The van der Waals surface area contributed by atoms with Gasteiger partial charge < -0.3 is 9.64 Å². The fourth-order valence-electron chi connectivity index (χ4n) is 3.15. The minimum Gasteiger partial charge on any atom is -0.375 e. The summed E-state index contributed by atoms with van der Waals surface area (Å²) in [5, 5.41) is 9.75. The number of aromatic nitrogens is 1. The van der Waals surface area contributed by atoms with Gasteiger partial charge in [-0.3, -0.25) is 0 Å². The lowest BCUT2D eigenvalue weighted by Crippen LogP contribution is -2.25. The molecule has 30 heavy (non-hydrogen) atoms. The van der Waals surface area contributed by atoms with Crippen molar-refractivity contribution in [2.75, 3.05) is 25.1 Å². The fraction of sp³-hybridized carbons (Fsp3) is 0.208. The molecule has 0 fully saturated rings. The Hall–Kier alpha value is -3.09. The number of rotatable bonds is 8. The molecule has 5 nitrogen and oxygen atoms in total. The third kappa shape index (κ3) is 4.90. The van der Waals surface area contributed by atoms with E-state index in [0.29, 0.717) is 13.2 Å². The van der Waals surface area contributed by atoms with Gasteiger partial charge in [0.2, 0.25) is 0 Å². The molecule has 0 aliphatic rings. The van der Waals surface area contributed by atoms with Gasteiger partial charge in [0.05, 0.1) is 30.1 Å². The van der Waals surface area contributed by atoms with Crippen LogP contribution in [0.4, 0.5) is 16.5 Å². The van der Waals surface area contributed by atoms with Crippen molar-refractivity contribution in [1.29, 1.82) is 0 Å². The van der Waals surface area contributed by atoms with Crippen molar-refractivity contribution in [3.63, 3.8) is 0 Å². The number of ether oxygens (including phenoxy) is 1. The predicted octanol–water partition coefficient (Wildman–Crippen LogP) is 5.79. The van der Waals surface area contributed by atoms with Gasteiger partial charge in [0.1, 0.15) is 11.2 Å². The first-order chi connectivity index (χ1) is 14.7. The first-order valence-corrected chi connectivity index (χ1v) is 10.7. The lowest BCUT2D eigenvalue weighted by molar-refractivity contribution is -0.627. The highest BCUT2D eigenvalue weighted by molar-refractivity contribution is 7.21. The molecule has 0 spiro atoms. The molecule has 3 aromatic carbocycles. The van der Waals surface area contributed by atoms with Crippen LogP contribution >= 0.6 is 11.3 Å². The number of azo groups is 1. The van der Waals surface area contributed by atoms with Gasteiger partial charge in [-0.1, -0.05) is 42.5 Å². The van der Waals surface area contributed by atoms with Crippen LogP contribution in [0.15, 0.2) is 89.1 Å². The number of benzene rings is 3. The summed E-state index contributed by atoms with van der Waals surface area (Å²) in [7, 11) is 4.09. The Bertz CT molecular complexity index is 1120. The third-order valence-electron chi connectivity index (χ3n) is 4.94. The molecule has 0 atom stereocenters. The summed E-state index contributed by atoms with van der Waals surface area (Å²) >= 11 is 1.64. The number of fused-ring (bicyclic) bond motifs is 1. The van der Waals surface area contributed by atoms with Gasteiger partial charge >= 0.3 is 5.13 Å². The number of hydrogen-bond donors (Lipinski definition) is 0. The first-order valence-electron chi connectivity index (χ1n) is 9.93. The predicted molar refractivity (Wildman–Crippen MR) is 123 cm³/mol. The van der Waals surface area contributed by atoms with E-state index in [9.17, 15) is 0 Å².